The summed E-state index contributed by atoms with van der Waals surface area (Å²) in [5, 5.41) is 0. The Bertz CT molecular complexity index is 914. The first kappa shape index (κ1) is 42.1. The van der Waals surface area contributed by atoms with E-state index in [2.05, 4.69) is 64.0 Å². The first-order chi connectivity index (χ1) is 19.7. The minimum absolute atomic E-state index is 0.112. The van der Waals surface area contributed by atoms with Gasteiger partial charge in [-0.25, -0.2) is 0 Å². The fraction of sp³-hybridized carbons (Fsp3) is 0.462. The van der Waals surface area contributed by atoms with Crippen molar-refractivity contribution in [3.05, 3.63) is 43.8 Å². The summed E-state index contributed by atoms with van der Waals surface area (Å²) in [5.74, 6) is -0.674. The van der Waals surface area contributed by atoms with Gasteiger partial charge in [0.25, 0.3) is 0 Å². The molecular weight excluding hydrogens is 674 g/mol. The number of hydrogen-bond donors (Lipinski definition) is 6. The average molecular weight is 717 g/mol. The third kappa shape index (κ3) is 26.9. The number of hydrogen-bond acceptors (Lipinski definition) is 6. The monoisotopic (exact) mass is 717 g/mol. The van der Waals surface area contributed by atoms with E-state index < -0.39 is 47.0 Å². The Labute approximate surface area is 277 Å². The minimum atomic E-state index is -0.444. The van der Waals surface area contributed by atoms with Crippen molar-refractivity contribution in [1.82, 2.24) is 25.8 Å². The molecule has 3 radical (unpaired) electrons. The third-order valence-electron chi connectivity index (χ3n) is 4.53. The van der Waals surface area contributed by atoms with Crippen LogP contribution in [0.25, 0.3) is 0 Å². The molecule has 0 saturated carbocycles. The van der Waals surface area contributed by atoms with Crippen molar-refractivity contribution < 1.29 is 45.9 Å². The molecule has 0 spiro atoms. The molecule has 16 heteroatoms. The van der Waals surface area contributed by atoms with Crippen molar-refractivity contribution in [3.63, 3.8) is 0 Å². The average Bonchev–Trinajstić information content (AvgIpc) is 3.53. The zero-order valence-corrected chi connectivity index (χ0v) is 30.9. The van der Waals surface area contributed by atoms with E-state index in [1.165, 1.54) is 67.2 Å². The van der Waals surface area contributed by atoms with E-state index in [-0.39, 0.29) is 35.4 Å². The predicted molar refractivity (Wildman–Crippen MR) is 162 cm³/mol. The van der Waals surface area contributed by atoms with Crippen LogP contribution in [-0.4, -0.2) is 82.4 Å². The van der Waals surface area contributed by atoms with Crippen molar-refractivity contribution in [3.8, 4) is 0 Å². The Hall–Kier alpha value is -2.00. The number of carbonyl (C=O) groups is 6. The van der Waals surface area contributed by atoms with Crippen molar-refractivity contribution >= 4 is 82.4 Å². The standard InChI is InChI=1S/2C7H9.6C2H5NO.3Al.Ru/c2*1-2-7-5-3-4-6-7;6*1-2(3)4;;;;/h2*3,5H,2,4H2,1H3;6*1H3,(H2,3,4);;;;/q;;;;;;;;3*+2;/p-6. The van der Waals surface area contributed by atoms with Gasteiger partial charge in [-0.15, -0.1) is 0 Å². The van der Waals surface area contributed by atoms with Gasteiger partial charge in [-0.1, -0.05) is 0 Å². The first-order valence-electron chi connectivity index (χ1n) is 13.2. The molecule has 0 unspecified atom stereocenters. The number of amides is 6. The Morgan fingerprint density at radius 1 is 0.548 bits per heavy atom. The van der Waals surface area contributed by atoms with Crippen molar-refractivity contribution in [2.45, 2.75) is 81.1 Å². The van der Waals surface area contributed by atoms with Crippen LogP contribution in [0.5, 0.6) is 0 Å². The van der Waals surface area contributed by atoms with Gasteiger partial charge in [0.1, 0.15) is 0 Å². The molecule has 2 aliphatic rings. The van der Waals surface area contributed by atoms with Gasteiger partial charge in [-0.3, -0.25) is 28.8 Å². The first-order valence-corrected chi connectivity index (χ1v) is 18.4. The van der Waals surface area contributed by atoms with E-state index in [0.717, 1.165) is 0 Å². The maximum absolute atomic E-state index is 10.2. The van der Waals surface area contributed by atoms with Gasteiger partial charge in [0.05, 0.1) is 0 Å². The molecule has 0 aromatic rings. The molecule has 0 fully saturated rings. The molecule has 6 N–H and O–H groups in total. The Morgan fingerprint density at radius 2 is 0.786 bits per heavy atom. The van der Waals surface area contributed by atoms with Gasteiger partial charge in [0.15, 0.2) is 35.4 Å². The van der Waals surface area contributed by atoms with E-state index in [1.54, 1.807) is 19.5 Å². The van der Waals surface area contributed by atoms with Gasteiger partial charge in [0.2, 0.25) is 0 Å². The van der Waals surface area contributed by atoms with Crippen LogP contribution < -0.4 is 25.8 Å². The van der Waals surface area contributed by atoms with Crippen LogP contribution in [0.15, 0.2) is 43.8 Å². The van der Waals surface area contributed by atoms with Gasteiger partial charge in [-0.2, -0.15) is 0 Å². The van der Waals surface area contributed by atoms with Crippen molar-refractivity contribution in [2.75, 3.05) is 0 Å². The van der Waals surface area contributed by atoms with E-state index >= 15 is 0 Å². The van der Waals surface area contributed by atoms with E-state index in [1.807, 2.05) is 0 Å². The zero-order valence-electron chi connectivity index (χ0n) is 25.7. The van der Waals surface area contributed by atoms with Crippen LogP contribution >= 0.6 is 0 Å². The quantitative estimate of drug-likeness (QED) is 0.182. The second-order valence-corrected chi connectivity index (χ2v) is 13.6. The Balaban J connectivity index is 0. The molecule has 42 heavy (non-hydrogen) atoms. The zero-order chi connectivity index (χ0) is 32.5. The summed E-state index contributed by atoms with van der Waals surface area (Å²) in [7, 11) is 0. The molecular formula is C26H42Al3N6O6Ru. The second kappa shape index (κ2) is 26.6. The molecule has 229 valence electrons. The summed E-state index contributed by atoms with van der Waals surface area (Å²) in [6.45, 7) is 13.0. The molecule has 2 aliphatic carbocycles. The fourth-order valence-electron chi connectivity index (χ4n) is 2.69. The Kier molecular flexibility index (Phi) is 26.7. The SMILES string of the molecule is CC(=O)[NH][Al][NH]C(C)=O.CC(=O)[NH][Al][NH]C(C)=O.CC(=O)[NH][Al][NH]C(C)=O.CCC1=[C]([Ru][C]2=C(CC)C=CC2)CC=C1. The maximum atomic E-state index is 10.2. The van der Waals surface area contributed by atoms with Crippen molar-refractivity contribution in [1.29, 1.82) is 0 Å². The number of rotatable bonds is 10. The number of carbonyl (C=O) groups excluding carboxylic acids is 6. The molecule has 0 aliphatic heterocycles. The summed E-state index contributed by atoms with van der Waals surface area (Å²) in [6.07, 6.45) is 14.2. The molecule has 0 bridgehead atoms. The molecule has 2 rings (SSSR count). The van der Waals surface area contributed by atoms with Crippen LogP contribution in [0.4, 0.5) is 0 Å². The summed E-state index contributed by atoms with van der Waals surface area (Å²) < 4.78 is 18.4. The normalized spacial score (nSPS) is 12.2. The van der Waals surface area contributed by atoms with Crippen LogP contribution in [-0.2, 0) is 45.9 Å². The second-order valence-electron chi connectivity index (χ2n) is 8.48. The van der Waals surface area contributed by atoms with E-state index in [0.29, 0.717) is 17.1 Å². The molecule has 12 nitrogen and oxygen atoms in total. The van der Waals surface area contributed by atoms with Crippen LogP contribution in [0.1, 0.15) is 81.1 Å². The van der Waals surface area contributed by atoms with E-state index in [9.17, 15) is 28.8 Å². The number of allylic oxidation sites excluding steroid dienone is 8. The molecule has 0 saturated heterocycles. The third-order valence-corrected chi connectivity index (χ3v) is 10.7. The number of nitrogens with one attached hydrogen (secondary N) is 6. The van der Waals surface area contributed by atoms with Crippen LogP contribution in [0, 0.1) is 0 Å². The van der Waals surface area contributed by atoms with Gasteiger partial charge < -0.3 is 25.8 Å². The summed E-state index contributed by atoms with van der Waals surface area (Å²) >= 11 is -0.983. The fourth-order valence-corrected chi connectivity index (χ4v) is 6.98. The molecule has 0 heterocycles. The summed E-state index contributed by atoms with van der Waals surface area (Å²) in [6, 6.07) is 0. The molecule has 6 amide bonds. The van der Waals surface area contributed by atoms with Crippen molar-refractivity contribution in [2.24, 2.45) is 0 Å². The van der Waals surface area contributed by atoms with Crippen LogP contribution in [0.3, 0.4) is 0 Å². The summed E-state index contributed by atoms with van der Waals surface area (Å²) in [4.78, 5) is 61.1. The molecule has 0 atom stereocenters. The summed E-state index contributed by atoms with van der Waals surface area (Å²) in [5.41, 5.74) is 3.23. The predicted octanol–water partition coefficient (Wildman–Crippen LogP) is 0.695. The van der Waals surface area contributed by atoms with Gasteiger partial charge in [-0.05, 0) is 0 Å². The van der Waals surface area contributed by atoms with E-state index in [4.69, 9.17) is 0 Å². The van der Waals surface area contributed by atoms with Gasteiger partial charge >= 0.3 is 147 Å². The van der Waals surface area contributed by atoms with Crippen LogP contribution in [0.2, 0.25) is 0 Å². The topological polar surface area (TPSA) is 175 Å². The molecule has 0 aromatic heterocycles. The molecule has 0 aromatic carbocycles. The van der Waals surface area contributed by atoms with Gasteiger partial charge in [0, 0.05) is 41.5 Å². The Morgan fingerprint density at radius 3 is 0.976 bits per heavy atom.